The van der Waals surface area contributed by atoms with Gasteiger partial charge in [-0.2, -0.15) is 5.26 Å². The molecule has 0 N–H and O–H groups in total. The van der Waals surface area contributed by atoms with Gasteiger partial charge in [0.05, 0.1) is 25.9 Å². The van der Waals surface area contributed by atoms with E-state index in [1.807, 2.05) is 60.7 Å². The van der Waals surface area contributed by atoms with Crippen LogP contribution in [0.4, 0.5) is 0 Å². The van der Waals surface area contributed by atoms with Crippen molar-refractivity contribution in [1.29, 1.82) is 5.26 Å². The lowest BCUT2D eigenvalue weighted by molar-refractivity contribution is -0.134. The van der Waals surface area contributed by atoms with E-state index in [0.29, 0.717) is 29.2 Å². The van der Waals surface area contributed by atoms with Gasteiger partial charge in [-0.3, -0.25) is 4.79 Å². The Bertz CT molecular complexity index is 1100. The molecule has 3 rings (SSSR count). The Labute approximate surface area is 182 Å². The lowest BCUT2D eigenvalue weighted by atomic mass is 10.0. The summed E-state index contributed by atoms with van der Waals surface area (Å²) in [5.41, 5.74) is 3.24. The van der Waals surface area contributed by atoms with E-state index in [1.54, 1.807) is 32.4 Å². The Balaban J connectivity index is 1.59. The summed E-state index contributed by atoms with van der Waals surface area (Å²) < 4.78 is 15.9. The molecule has 0 aliphatic carbocycles. The van der Waals surface area contributed by atoms with Gasteiger partial charge < -0.3 is 14.2 Å². The maximum Gasteiger partial charge on any atom is 0.311 e. The van der Waals surface area contributed by atoms with Gasteiger partial charge in [-0.05, 0) is 53.5 Å². The van der Waals surface area contributed by atoms with Gasteiger partial charge in [0.2, 0.25) is 0 Å². The second kappa shape index (κ2) is 10.7. The number of hydrogen-bond donors (Lipinski definition) is 0. The number of carbonyl (C=O) groups is 1. The highest BCUT2D eigenvalue weighted by atomic mass is 16.5. The number of aryl methyl sites for hydroxylation is 1. The van der Waals surface area contributed by atoms with Gasteiger partial charge in [-0.25, -0.2) is 0 Å². The molecule has 0 aliphatic heterocycles. The first-order valence-electron chi connectivity index (χ1n) is 9.82. The third kappa shape index (κ3) is 5.97. The van der Waals surface area contributed by atoms with Crippen LogP contribution in [0.3, 0.4) is 0 Å². The fourth-order valence-electron chi connectivity index (χ4n) is 3.06. The minimum Gasteiger partial charge on any atom is -0.493 e. The number of rotatable bonds is 8. The average Bonchev–Trinajstić information content (AvgIpc) is 2.82. The van der Waals surface area contributed by atoms with Crippen LogP contribution in [-0.2, 0) is 11.2 Å². The molecule has 0 aromatic heterocycles. The predicted octanol–water partition coefficient (Wildman–Crippen LogP) is 5.31. The Morgan fingerprint density at radius 3 is 2.29 bits per heavy atom. The molecule has 0 amide bonds. The average molecular weight is 413 g/mol. The number of hydrogen-bond acceptors (Lipinski definition) is 5. The smallest absolute Gasteiger partial charge is 0.311 e. The quantitative estimate of drug-likeness (QED) is 0.217. The lowest BCUT2D eigenvalue weighted by Gasteiger charge is -2.09. The zero-order chi connectivity index (χ0) is 22.1. The fraction of sp³-hybridized carbons (Fsp3) is 0.154. The molecule has 3 aromatic carbocycles. The second-order valence-corrected chi connectivity index (χ2v) is 6.77. The monoisotopic (exact) mass is 413 g/mol. The van der Waals surface area contributed by atoms with Crippen LogP contribution in [0.25, 0.3) is 11.6 Å². The molecule has 0 saturated carbocycles. The molecule has 0 atom stereocenters. The number of ether oxygens (including phenoxy) is 3. The number of nitriles is 1. The van der Waals surface area contributed by atoms with E-state index in [1.165, 1.54) is 0 Å². The normalized spacial score (nSPS) is 10.8. The van der Waals surface area contributed by atoms with Crippen molar-refractivity contribution in [2.24, 2.45) is 0 Å². The van der Waals surface area contributed by atoms with Gasteiger partial charge in [0, 0.05) is 6.42 Å². The predicted molar refractivity (Wildman–Crippen MR) is 120 cm³/mol. The highest BCUT2D eigenvalue weighted by Gasteiger charge is 2.09. The van der Waals surface area contributed by atoms with Gasteiger partial charge in [0.25, 0.3) is 0 Å². The van der Waals surface area contributed by atoms with Crippen LogP contribution in [0.5, 0.6) is 17.2 Å². The molecule has 0 heterocycles. The van der Waals surface area contributed by atoms with Crippen molar-refractivity contribution >= 4 is 17.6 Å². The number of methoxy groups -OCH3 is 2. The third-order valence-corrected chi connectivity index (χ3v) is 4.69. The maximum absolute atomic E-state index is 12.2. The zero-order valence-electron chi connectivity index (χ0n) is 17.5. The summed E-state index contributed by atoms with van der Waals surface area (Å²) in [5.74, 6) is 1.42. The molecule has 3 aromatic rings. The summed E-state index contributed by atoms with van der Waals surface area (Å²) in [4.78, 5) is 12.2. The van der Waals surface area contributed by atoms with Crippen LogP contribution in [0.15, 0.2) is 72.8 Å². The molecule has 0 spiro atoms. The van der Waals surface area contributed by atoms with Crippen LogP contribution in [0.2, 0.25) is 0 Å². The molecule has 0 bridgehead atoms. The van der Waals surface area contributed by atoms with E-state index in [9.17, 15) is 10.1 Å². The zero-order valence-corrected chi connectivity index (χ0v) is 17.5. The lowest BCUT2D eigenvalue weighted by Crippen LogP contribution is -2.09. The van der Waals surface area contributed by atoms with Crippen molar-refractivity contribution in [2.75, 3.05) is 14.2 Å². The number of nitrogens with zero attached hydrogens (tertiary/aromatic N) is 1. The standard InChI is InChI=1S/C26H23NO4/c1-29-24-14-10-20(17-25(24)30-2)11-15-26(28)31-23-12-8-19(9-13-23)16-22(18-27)21-6-4-3-5-7-21/h3-10,12-14,16-17H,11,15H2,1-2H3/b22-16-. The van der Waals surface area contributed by atoms with E-state index >= 15 is 0 Å². The van der Waals surface area contributed by atoms with Crippen molar-refractivity contribution in [1.82, 2.24) is 0 Å². The van der Waals surface area contributed by atoms with E-state index in [2.05, 4.69) is 6.07 Å². The summed E-state index contributed by atoms with van der Waals surface area (Å²) >= 11 is 0. The van der Waals surface area contributed by atoms with Crippen molar-refractivity contribution in [3.8, 4) is 23.3 Å². The fourth-order valence-corrected chi connectivity index (χ4v) is 3.06. The van der Waals surface area contributed by atoms with Gasteiger partial charge in [-0.15, -0.1) is 0 Å². The van der Waals surface area contributed by atoms with Crippen LogP contribution < -0.4 is 14.2 Å². The molecule has 0 unspecified atom stereocenters. The molecule has 31 heavy (non-hydrogen) atoms. The SMILES string of the molecule is COc1ccc(CCC(=O)Oc2ccc(/C=C(/C#N)c3ccccc3)cc2)cc1OC. The topological polar surface area (TPSA) is 68.5 Å². The van der Waals surface area contributed by atoms with E-state index in [4.69, 9.17) is 14.2 Å². The van der Waals surface area contributed by atoms with Crippen LogP contribution >= 0.6 is 0 Å². The van der Waals surface area contributed by atoms with E-state index in [-0.39, 0.29) is 12.4 Å². The summed E-state index contributed by atoms with van der Waals surface area (Å²) in [5, 5.41) is 9.43. The van der Waals surface area contributed by atoms with Crippen LogP contribution in [0.1, 0.15) is 23.1 Å². The Kier molecular flexibility index (Phi) is 7.45. The molecule has 0 radical (unpaired) electrons. The molecule has 5 heteroatoms. The minimum atomic E-state index is -0.319. The second-order valence-electron chi connectivity index (χ2n) is 6.77. The molecular weight excluding hydrogens is 390 g/mol. The highest BCUT2D eigenvalue weighted by Crippen LogP contribution is 2.28. The first-order valence-corrected chi connectivity index (χ1v) is 9.82. The Morgan fingerprint density at radius 2 is 1.65 bits per heavy atom. The van der Waals surface area contributed by atoms with Gasteiger partial charge >= 0.3 is 5.97 Å². The first-order chi connectivity index (χ1) is 15.1. The summed E-state index contributed by atoms with van der Waals surface area (Å²) in [6, 6.07) is 24.3. The van der Waals surface area contributed by atoms with E-state index < -0.39 is 0 Å². The Morgan fingerprint density at radius 1 is 0.935 bits per heavy atom. The molecular formula is C26H23NO4. The summed E-state index contributed by atoms with van der Waals surface area (Å²) in [6.45, 7) is 0. The minimum absolute atomic E-state index is 0.240. The first kappa shape index (κ1) is 21.7. The third-order valence-electron chi connectivity index (χ3n) is 4.69. The number of esters is 1. The molecule has 0 aliphatic rings. The van der Waals surface area contributed by atoms with Gasteiger partial charge in [0.1, 0.15) is 5.75 Å². The largest absolute Gasteiger partial charge is 0.493 e. The molecule has 0 fully saturated rings. The Hall–Kier alpha value is -4.04. The summed E-state index contributed by atoms with van der Waals surface area (Å²) in [6.07, 6.45) is 2.57. The van der Waals surface area contributed by atoms with Crippen molar-refractivity contribution in [3.63, 3.8) is 0 Å². The van der Waals surface area contributed by atoms with Crippen molar-refractivity contribution < 1.29 is 19.0 Å². The van der Waals surface area contributed by atoms with Crippen molar-refractivity contribution in [2.45, 2.75) is 12.8 Å². The van der Waals surface area contributed by atoms with Crippen LogP contribution in [-0.4, -0.2) is 20.2 Å². The number of carbonyl (C=O) groups excluding carboxylic acids is 1. The maximum atomic E-state index is 12.2. The van der Waals surface area contributed by atoms with Gasteiger partial charge in [-0.1, -0.05) is 48.5 Å². The highest BCUT2D eigenvalue weighted by molar-refractivity contribution is 5.89. The van der Waals surface area contributed by atoms with Crippen molar-refractivity contribution in [3.05, 3.63) is 89.5 Å². The summed E-state index contributed by atoms with van der Waals surface area (Å²) in [7, 11) is 3.16. The van der Waals surface area contributed by atoms with Gasteiger partial charge in [0.15, 0.2) is 11.5 Å². The molecule has 5 nitrogen and oxygen atoms in total. The van der Waals surface area contributed by atoms with E-state index in [0.717, 1.165) is 16.7 Å². The molecule has 156 valence electrons. The number of benzene rings is 3. The van der Waals surface area contributed by atoms with Crippen LogP contribution in [0, 0.1) is 11.3 Å². The molecule has 0 saturated heterocycles. The number of allylic oxidation sites excluding steroid dienone is 1.